The van der Waals surface area contributed by atoms with Crippen molar-refractivity contribution in [3.8, 4) is 0 Å². The summed E-state index contributed by atoms with van der Waals surface area (Å²) in [6.45, 7) is 0. The number of nitrogens with one attached hydrogen (secondary N) is 3. The molecular weight excluding hydrogens is 385 g/mol. The molecule has 0 spiro atoms. The predicted molar refractivity (Wildman–Crippen MR) is 102 cm³/mol. The highest BCUT2D eigenvalue weighted by molar-refractivity contribution is 6.41. The highest BCUT2D eigenvalue weighted by atomic mass is 35.5. The number of amides is 1. The van der Waals surface area contributed by atoms with Crippen LogP contribution in [0.3, 0.4) is 0 Å². The van der Waals surface area contributed by atoms with Crippen LogP contribution in [-0.2, 0) is 11.2 Å². The topological polar surface area (TPSA) is 74.0 Å². The minimum absolute atomic E-state index is 0.101. The van der Waals surface area contributed by atoms with Gasteiger partial charge in [-0.05, 0) is 29.7 Å². The van der Waals surface area contributed by atoms with E-state index in [0.717, 1.165) is 10.9 Å². The van der Waals surface area contributed by atoms with Crippen molar-refractivity contribution in [2.45, 2.75) is 6.42 Å². The van der Waals surface area contributed by atoms with Gasteiger partial charge in [0.15, 0.2) is 0 Å². The van der Waals surface area contributed by atoms with Crippen LogP contribution in [0.25, 0.3) is 10.9 Å². The summed E-state index contributed by atoms with van der Waals surface area (Å²) < 4.78 is 0. The van der Waals surface area contributed by atoms with Gasteiger partial charge in [0.25, 0.3) is 5.56 Å². The molecule has 0 aliphatic rings. The monoisotopic (exact) mass is 395 g/mol. The quantitative estimate of drug-likeness (QED) is 0.579. The second-order valence-electron chi connectivity index (χ2n) is 5.31. The van der Waals surface area contributed by atoms with Gasteiger partial charge in [0.1, 0.15) is 0 Å². The zero-order chi connectivity index (χ0) is 18.0. The van der Waals surface area contributed by atoms with Crippen molar-refractivity contribution in [2.75, 3.05) is 5.43 Å². The van der Waals surface area contributed by atoms with Crippen molar-refractivity contribution < 1.29 is 4.79 Å². The van der Waals surface area contributed by atoms with Crippen molar-refractivity contribution >= 4 is 57.3 Å². The van der Waals surface area contributed by atoms with Crippen LogP contribution in [-0.4, -0.2) is 10.9 Å². The maximum atomic E-state index is 12.1. The molecule has 0 radical (unpaired) electrons. The Bertz CT molecular complexity index is 994. The molecule has 2 aromatic carbocycles. The molecule has 128 valence electrons. The van der Waals surface area contributed by atoms with Crippen LogP contribution < -0.4 is 16.4 Å². The number of aromatic amines is 1. The molecule has 0 unspecified atom stereocenters. The number of halogens is 3. The second-order valence-corrected chi connectivity index (χ2v) is 6.56. The predicted octanol–water partition coefficient (Wildman–Crippen LogP) is 4.17. The number of fused-ring (bicyclic) bond motifs is 1. The first-order chi connectivity index (χ1) is 11.9. The van der Waals surface area contributed by atoms with Gasteiger partial charge in [-0.15, -0.1) is 0 Å². The van der Waals surface area contributed by atoms with Gasteiger partial charge in [-0.25, -0.2) is 0 Å². The standard InChI is InChI=1S/C17H12Cl3N3O2/c18-11-7-12(19)16(13(20)8-11)23-22-15(24)6-10-5-9-3-1-2-4-14(9)21-17(10)25/h1-5,7-8,23H,6H2,(H,21,25)(H,22,24). The highest BCUT2D eigenvalue weighted by Gasteiger charge is 2.11. The van der Waals surface area contributed by atoms with E-state index in [1.807, 2.05) is 18.2 Å². The van der Waals surface area contributed by atoms with E-state index in [0.29, 0.717) is 16.3 Å². The van der Waals surface area contributed by atoms with Crippen LogP contribution >= 0.6 is 34.8 Å². The lowest BCUT2D eigenvalue weighted by molar-refractivity contribution is -0.119. The maximum absolute atomic E-state index is 12.1. The van der Waals surface area contributed by atoms with Crippen molar-refractivity contribution in [1.82, 2.24) is 10.4 Å². The zero-order valence-electron chi connectivity index (χ0n) is 12.7. The summed E-state index contributed by atoms with van der Waals surface area (Å²) in [4.78, 5) is 26.9. The van der Waals surface area contributed by atoms with E-state index in [1.54, 1.807) is 12.1 Å². The van der Waals surface area contributed by atoms with E-state index >= 15 is 0 Å². The molecular formula is C17H12Cl3N3O2. The summed E-state index contributed by atoms with van der Waals surface area (Å²) >= 11 is 17.9. The largest absolute Gasteiger partial charge is 0.322 e. The number of rotatable bonds is 4. The van der Waals surface area contributed by atoms with Gasteiger partial charge in [0, 0.05) is 16.1 Å². The molecule has 0 aliphatic carbocycles. The molecule has 0 saturated carbocycles. The van der Waals surface area contributed by atoms with Gasteiger partial charge in [-0.3, -0.25) is 20.4 Å². The van der Waals surface area contributed by atoms with Gasteiger partial charge in [-0.2, -0.15) is 0 Å². The molecule has 0 atom stereocenters. The normalized spacial score (nSPS) is 10.7. The molecule has 0 bridgehead atoms. The van der Waals surface area contributed by atoms with E-state index in [9.17, 15) is 9.59 Å². The zero-order valence-corrected chi connectivity index (χ0v) is 15.0. The number of para-hydroxylation sites is 1. The Morgan fingerprint density at radius 1 is 1.04 bits per heavy atom. The molecule has 1 aromatic heterocycles. The third-order valence-electron chi connectivity index (χ3n) is 3.52. The van der Waals surface area contributed by atoms with Crippen LogP contribution in [0.1, 0.15) is 5.56 Å². The Morgan fingerprint density at radius 3 is 2.44 bits per heavy atom. The van der Waals surface area contributed by atoms with Crippen LogP contribution in [0.2, 0.25) is 15.1 Å². The van der Waals surface area contributed by atoms with Crippen molar-refractivity contribution in [2.24, 2.45) is 0 Å². The number of anilines is 1. The molecule has 3 N–H and O–H groups in total. The first kappa shape index (κ1) is 17.6. The molecule has 3 aromatic rings. The van der Waals surface area contributed by atoms with E-state index < -0.39 is 5.91 Å². The van der Waals surface area contributed by atoms with Crippen LogP contribution in [0.5, 0.6) is 0 Å². The number of carbonyl (C=O) groups excluding carboxylic acids is 1. The Hall–Kier alpha value is -2.21. The molecule has 8 heteroatoms. The maximum Gasteiger partial charge on any atom is 0.252 e. The first-order valence-corrected chi connectivity index (χ1v) is 8.38. The molecule has 1 amide bonds. The van der Waals surface area contributed by atoms with E-state index in [-0.39, 0.29) is 22.0 Å². The summed E-state index contributed by atoms with van der Waals surface area (Å²) in [7, 11) is 0. The number of carbonyl (C=O) groups is 1. The second kappa shape index (κ2) is 7.35. The van der Waals surface area contributed by atoms with Crippen LogP contribution in [0.15, 0.2) is 47.3 Å². The Kier molecular flexibility index (Phi) is 5.18. The molecule has 25 heavy (non-hydrogen) atoms. The molecule has 0 aliphatic heterocycles. The minimum atomic E-state index is -0.414. The Balaban J connectivity index is 1.73. The highest BCUT2D eigenvalue weighted by Crippen LogP contribution is 2.33. The number of H-pyrrole nitrogens is 1. The minimum Gasteiger partial charge on any atom is -0.322 e. The lowest BCUT2D eigenvalue weighted by atomic mass is 10.1. The Morgan fingerprint density at radius 2 is 1.72 bits per heavy atom. The lowest BCUT2D eigenvalue weighted by Gasteiger charge is -2.12. The molecule has 5 nitrogen and oxygen atoms in total. The number of hydrogen-bond donors (Lipinski definition) is 3. The van der Waals surface area contributed by atoms with Gasteiger partial charge < -0.3 is 4.98 Å². The third kappa shape index (κ3) is 4.07. The van der Waals surface area contributed by atoms with Crippen molar-refractivity contribution in [3.05, 3.63) is 73.4 Å². The fraction of sp³-hybridized carbons (Fsp3) is 0.0588. The van der Waals surface area contributed by atoms with Crippen molar-refractivity contribution in [1.29, 1.82) is 0 Å². The van der Waals surface area contributed by atoms with Gasteiger partial charge in [0.05, 0.1) is 22.2 Å². The van der Waals surface area contributed by atoms with Crippen LogP contribution in [0, 0.1) is 0 Å². The van der Waals surface area contributed by atoms with E-state index in [1.165, 1.54) is 12.1 Å². The summed E-state index contributed by atoms with van der Waals surface area (Å²) in [5, 5.41) is 1.76. The van der Waals surface area contributed by atoms with E-state index in [2.05, 4.69) is 15.8 Å². The summed E-state index contributed by atoms with van der Waals surface area (Å²) in [5.41, 5.74) is 6.21. The Labute approximate surface area is 157 Å². The van der Waals surface area contributed by atoms with Crippen molar-refractivity contribution in [3.63, 3.8) is 0 Å². The number of benzene rings is 2. The number of hydrogen-bond acceptors (Lipinski definition) is 3. The average Bonchev–Trinajstić information content (AvgIpc) is 2.54. The number of pyridine rings is 1. The lowest BCUT2D eigenvalue weighted by Crippen LogP contribution is -2.32. The fourth-order valence-electron chi connectivity index (χ4n) is 2.33. The van der Waals surface area contributed by atoms with E-state index in [4.69, 9.17) is 34.8 Å². The first-order valence-electron chi connectivity index (χ1n) is 7.24. The molecule has 0 fully saturated rings. The molecule has 3 rings (SSSR count). The van der Waals surface area contributed by atoms with Gasteiger partial charge >= 0.3 is 0 Å². The summed E-state index contributed by atoms with van der Waals surface area (Å²) in [5.74, 6) is -0.414. The van der Waals surface area contributed by atoms with Crippen LogP contribution in [0.4, 0.5) is 5.69 Å². The average molecular weight is 397 g/mol. The van der Waals surface area contributed by atoms with Gasteiger partial charge in [0.2, 0.25) is 5.91 Å². The third-order valence-corrected chi connectivity index (χ3v) is 4.33. The summed E-state index contributed by atoms with van der Waals surface area (Å²) in [6, 6.07) is 12.0. The van der Waals surface area contributed by atoms with Gasteiger partial charge in [-0.1, -0.05) is 53.0 Å². The smallest absolute Gasteiger partial charge is 0.252 e. The molecule has 1 heterocycles. The fourth-order valence-corrected chi connectivity index (χ4v) is 3.25. The number of aromatic nitrogens is 1. The summed E-state index contributed by atoms with van der Waals surface area (Å²) in [6.07, 6.45) is -0.101. The molecule has 0 saturated heterocycles. The number of hydrazine groups is 1. The SMILES string of the molecule is O=C(Cc1cc2ccccc2[nH]c1=O)NNc1c(Cl)cc(Cl)cc1Cl.